The summed E-state index contributed by atoms with van der Waals surface area (Å²) >= 11 is 0. The highest BCUT2D eigenvalue weighted by Crippen LogP contribution is 2.29. The van der Waals surface area contributed by atoms with E-state index in [9.17, 15) is 14.4 Å². The second kappa shape index (κ2) is 8.24. The van der Waals surface area contributed by atoms with Crippen LogP contribution in [0.15, 0.2) is 33.9 Å². The molecule has 1 atom stereocenters. The van der Waals surface area contributed by atoms with Crippen LogP contribution in [0.5, 0.6) is 5.75 Å². The lowest BCUT2D eigenvalue weighted by atomic mass is 9.96. The predicted octanol–water partition coefficient (Wildman–Crippen LogP) is 2.20. The van der Waals surface area contributed by atoms with Crippen molar-refractivity contribution in [2.24, 2.45) is 5.92 Å². The normalized spacial score (nSPS) is 17.0. The number of piperidine rings is 1. The van der Waals surface area contributed by atoms with Gasteiger partial charge in [0.25, 0.3) is 10.9 Å². The van der Waals surface area contributed by atoms with Crippen LogP contribution in [0.25, 0.3) is 0 Å². The summed E-state index contributed by atoms with van der Waals surface area (Å²) in [5.41, 5.74) is 0.312. The van der Waals surface area contributed by atoms with Gasteiger partial charge < -0.3 is 19.7 Å². The van der Waals surface area contributed by atoms with Gasteiger partial charge in [-0.25, -0.2) is 0 Å². The SMILES string of the molecule is CCOC(=O)[C@@H]1CCCN(c2c(Nc3ccc(OCC)cc3)c(=O)c2=O)C1. The number of carbonyl (C=O) groups is 1. The lowest BCUT2D eigenvalue weighted by Crippen LogP contribution is -2.47. The van der Waals surface area contributed by atoms with E-state index < -0.39 is 10.9 Å². The zero-order valence-corrected chi connectivity index (χ0v) is 15.6. The van der Waals surface area contributed by atoms with Crippen molar-refractivity contribution >= 4 is 23.0 Å². The Labute approximate surface area is 157 Å². The van der Waals surface area contributed by atoms with Crippen LogP contribution in [0, 0.1) is 5.92 Å². The highest BCUT2D eigenvalue weighted by molar-refractivity contribution is 5.81. The second-order valence-electron chi connectivity index (χ2n) is 6.50. The van der Waals surface area contributed by atoms with Crippen molar-refractivity contribution in [1.82, 2.24) is 0 Å². The summed E-state index contributed by atoms with van der Waals surface area (Å²) in [5, 5.41) is 3.04. The first-order valence-corrected chi connectivity index (χ1v) is 9.29. The molecule has 7 heteroatoms. The van der Waals surface area contributed by atoms with Gasteiger partial charge in [0, 0.05) is 18.8 Å². The van der Waals surface area contributed by atoms with Crippen LogP contribution in [-0.2, 0) is 9.53 Å². The third-order valence-corrected chi connectivity index (χ3v) is 4.68. The van der Waals surface area contributed by atoms with E-state index in [2.05, 4.69) is 5.32 Å². The maximum Gasteiger partial charge on any atom is 0.310 e. The van der Waals surface area contributed by atoms with E-state index in [0.717, 1.165) is 18.6 Å². The number of hydrogen-bond donors (Lipinski definition) is 1. The molecular weight excluding hydrogens is 348 g/mol. The first-order valence-electron chi connectivity index (χ1n) is 9.29. The third kappa shape index (κ3) is 3.97. The predicted molar refractivity (Wildman–Crippen MR) is 104 cm³/mol. The molecule has 0 amide bonds. The molecular formula is C20H24N2O5. The first-order chi connectivity index (χ1) is 13.0. The molecule has 0 aromatic heterocycles. The van der Waals surface area contributed by atoms with Crippen LogP contribution >= 0.6 is 0 Å². The molecule has 144 valence electrons. The molecule has 1 N–H and O–H groups in total. The standard InChI is InChI=1S/C20H24N2O5/c1-3-26-15-9-7-14(8-10-15)21-16-17(19(24)18(16)23)22-11-5-6-13(12-22)20(25)27-4-2/h7-10,13,21H,3-6,11-12H2,1-2H3/t13-/m1/s1. The van der Waals surface area contributed by atoms with Gasteiger partial charge in [0.05, 0.1) is 19.1 Å². The fraction of sp³-hybridized carbons (Fsp3) is 0.450. The Morgan fingerprint density at radius 3 is 2.56 bits per heavy atom. The maximum absolute atomic E-state index is 12.2. The monoisotopic (exact) mass is 372 g/mol. The minimum atomic E-state index is -0.530. The number of hydrogen-bond acceptors (Lipinski definition) is 7. The van der Waals surface area contributed by atoms with Gasteiger partial charge in [-0.15, -0.1) is 0 Å². The molecule has 1 heterocycles. The van der Waals surface area contributed by atoms with Crippen molar-refractivity contribution in [2.45, 2.75) is 26.7 Å². The highest BCUT2D eigenvalue weighted by atomic mass is 16.5. The number of esters is 1. The molecule has 0 spiro atoms. The smallest absolute Gasteiger partial charge is 0.310 e. The molecule has 2 aromatic rings. The number of nitrogens with zero attached hydrogens (tertiary/aromatic N) is 1. The van der Waals surface area contributed by atoms with Gasteiger partial charge in [-0.1, -0.05) is 0 Å². The number of carbonyl (C=O) groups excluding carboxylic acids is 1. The van der Waals surface area contributed by atoms with E-state index in [1.165, 1.54) is 0 Å². The summed E-state index contributed by atoms with van der Waals surface area (Å²) in [6.07, 6.45) is 1.50. The summed E-state index contributed by atoms with van der Waals surface area (Å²) in [5.74, 6) is 0.213. The van der Waals surface area contributed by atoms with Crippen LogP contribution in [0.2, 0.25) is 0 Å². The van der Waals surface area contributed by atoms with E-state index in [-0.39, 0.29) is 17.6 Å². The number of anilines is 3. The zero-order chi connectivity index (χ0) is 19.4. The van der Waals surface area contributed by atoms with Gasteiger partial charge >= 0.3 is 5.97 Å². The molecule has 0 radical (unpaired) electrons. The number of rotatable bonds is 7. The van der Waals surface area contributed by atoms with E-state index in [1.54, 1.807) is 31.2 Å². The largest absolute Gasteiger partial charge is 0.494 e. The minimum Gasteiger partial charge on any atom is -0.494 e. The van der Waals surface area contributed by atoms with Crippen LogP contribution in [0.1, 0.15) is 26.7 Å². The lowest BCUT2D eigenvalue weighted by molar-refractivity contribution is -0.148. The van der Waals surface area contributed by atoms with E-state index >= 15 is 0 Å². The molecule has 0 bridgehead atoms. The molecule has 1 aliphatic rings. The van der Waals surface area contributed by atoms with Gasteiger partial charge in [-0.3, -0.25) is 14.4 Å². The molecule has 1 fully saturated rings. The quantitative estimate of drug-likeness (QED) is 0.589. The molecule has 7 nitrogen and oxygen atoms in total. The molecule has 1 saturated heterocycles. The Hall–Kier alpha value is -2.83. The van der Waals surface area contributed by atoms with Crippen molar-refractivity contribution in [3.63, 3.8) is 0 Å². The molecule has 27 heavy (non-hydrogen) atoms. The van der Waals surface area contributed by atoms with Crippen molar-refractivity contribution in [3.05, 3.63) is 44.7 Å². The number of nitrogens with one attached hydrogen (secondary N) is 1. The summed E-state index contributed by atoms with van der Waals surface area (Å²) < 4.78 is 10.5. The molecule has 2 aromatic carbocycles. The van der Waals surface area contributed by atoms with Gasteiger partial charge in [-0.05, 0) is 51.0 Å². The Balaban J connectivity index is 1.76. The van der Waals surface area contributed by atoms with Crippen LogP contribution in [-0.4, -0.2) is 32.3 Å². The molecule has 0 aliphatic carbocycles. The van der Waals surface area contributed by atoms with Crippen molar-refractivity contribution in [1.29, 1.82) is 0 Å². The third-order valence-electron chi connectivity index (χ3n) is 4.68. The fourth-order valence-electron chi connectivity index (χ4n) is 3.38. The van der Waals surface area contributed by atoms with Gasteiger partial charge in [0.2, 0.25) is 0 Å². The van der Waals surface area contributed by atoms with E-state index in [0.29, 0.717) is 37.7 Å². The van der Waals surface area contributed by atoms with Crippen LogP contribution in [0.3, 0.4) is 0 Å². The lowest BCUT2D eigenvalue weighted by Gasteiger charge is -2.34. The fourth-order valence-corrected chi connectivity index (χ4v) is 3.38. The Kier molecular flexibility index (Phi) is 5.78. The van der Waals surface area contributed by atoms with Gasteiger partial charge in [0.1, 0.15) is 17.1 Å². The minimum absolute atomic E-state index is 0.248. The van der Waals surface area contributed by atoms with E-state index in [4.69, 9.17) is 9.47 Å². The molecule has 0 unspecified atom stereocenters. The van der Waals surface area contributed by atoms with Crippen molar-refractivity contribution in [3.8, 4) is 5.75 Å². The number of benzene rings is 1. The van der Waals surface area contributed by atoms with Gasteiger partial charge in [0.15, 0.2) is 0 Å². The maximum atomic E-state index is 12.2. The first kappa shape index (κ1) is 18.9. The Morgan fingerprint density at radius 2 is 1.89 bits per heavy atom. The Morgan fingerprint density at radius 1 is 1.15 bits per heavy atom. The summed E-state index contributed by atoms with van der Waals surface area (Å²) in [6.45, 7) is 5.62. The highest BCUT2D eigenvalue weighted by Gasteiger charge is 2.32. The average Bonchev–Trinajstić information content (AvgIpc) is 2.69. The number of ether oxygens (including phenoxy) is 2. The van der Waals surface area contributed by atoms with Gasteiger partial charge in [-0.2, -0.15) is 0 Å². The second-order valence-corrected chi connectivity index (χ2v) is 6.50. The topological polar surface area (TPSA) is 84.9 Å². The van der Waals surface area contributed by atoms with Crippen LogP contribution in [0.4, 0.5) is 17.1 Å². The molecule has 0 saturated carbocycles. The summed E-state index contributed by atoms with van der Waals surface area (Å²) in [6, 6.07) is 7.19. The summed E-state index contributed by atoms with van der Waals surface area (Å²) in [4.78, 5) is 38.1. The van der Waals surface area contributed by atoms with E-state index in [1.807, 2.05) is 11.8 Å². The average molecular weight is 372 g/mol. The van der Waals surface area contributed by atoms with Crippen LogP contribution < -0.4 is 25.8 Å². The molecule has 1 aliphatic heterocycles. The summed E-state index contributed by atoms with van der Waals surface area (Å²) in [7, 11) is 0. The molecule has 3 rings (SSSR count). The van der Waals surface area contributed by atoms with Crippen molar-refractivity contribution < 1.29 is 14.3 Å². The Bertz CT molecular complexity index is 868. The van der Waals surface area contributed by atoms with Crippen molar-refractivity contribution in [2.75, 3.05) is 36.5 Å². The zero-order valence-electron chi connectivity index (χ0n) is 15.6.